The number of nitro benzene ring substituents is 1. The van der Waals surface area contributed by atoms with E-state index in [4.69, 9.17) is 17.3 Å². The van der Waals surface area contributed by atoms with E-state index in [1.807, 2.05) is 0 Å². The molecular weight excluding hydrogens is 289 g/mol. The minimum absolute atomic E-state index is 0. The molecule has 1 aromatic carbocycles. The van der Waals surface area contributed by atoms with Crippen molar-refractivity contribution in [2.24, 2.45) is 5.73 Å². The average Bonchev–Trinajstić information content (AvgIpc) is 2.31. The Balaban J connectivity index is 0.00000180. The highest BCUT2D eigenvalue weighted by atomic mass is 35.5. The molecule has 1 aromatic rings. The molecule has 7 heteroatoms. The van der Waals surface area contributed by atoms with Gasteiger partial charge in [-0.1, -0.05) is 11.6 Å². The number of nitro groups is 1. The van der Waals surface area contributed by atoms with Crippen LogP contribution in [0.15, 0.2) is 18.2 Å². The van der Waals surface area contributed by atoms with E-state index in [0.717, 1.165) is 25.9 Å². The van der Waals surface area contributed by atoms with Crippen LogP contribution in [0.4, 0.5) is 5.69 Å². The van der Waals surface area contributed by atoms with Crippen LogP contribution in [0.1, 0.15) is 18.4 Å². The van der Waals surface area contributed by atoms with Gasteiger partial charge in [0, 0.05) is 35.8 Å². The zero-order chi connectivity index (χ0) is 13.1. The second-order valence-electron chi connectivity index (χ2n) is 4.67. The average molecular weight is 306 g/mol. The number of hydrogen-bond acceptors (Lipinski definition) is 4. The van der Waals surface area contributed by atoms with Gasteiger partial charge in [0.25, 0.3) is 5.69 Å². The predicted octanol–water partition coefficient (Wildman–Crippen LogP) is 2.59. The summed E-state index contributed by atoms with van der Waals surface area (Å²) in [5.41, 5.74) is 6.68. The summed E-state index contributed by atoms with van der Waals surface area (Å²) in [7, 11) is 0. The predicted molar refractivity (Wildman–Crippen MR) is 77.8 cm³/mol. The third kappa shape index (κ3) is 4.31. The van der Waals surface area contributed by atoms with Crippen LogP contribution in [0.2, 0.25) is 5.02 Å². The molecule has 5 nitrogen and oxygen atoms in total. The molecule has 0 radical (unpaired) electrons. The van der Waals surface area contributed by atoms with Gasteiger partial charge in [0.05, 0.1) is 4.92 Å². The number of nitrogens with zero attached hydrogens (tertiary/aromatic N) is 2. The number of hydrogen-bond donors (Lipinski definition) is 1. The fourth-order valence-corrected chi connectivity index (χ4v) is 2.48. The van der Waals surface area contributed by atoms with Gasteiger partial charge in [-0.3, -0.25) is 15.0 Å². The lowest BCUT2D eigenvalue weighted by molar-refractivity contribution is -0.385. The molecule has 0 aromatic heterocycles. The highest BCUT2D eigenvalue weighted by Crippen LogP contribution is 2.25. The van der Waals surface area contributed by atoms with E-state index in [9.17, 15) is 10.1 Å². The third-order valence-electron chi connectivity index (χ3n) is 3.18. The first-order valence-electron chi connectivity index (χ1n) is 5.97. The van der Waals surface area contributed by atoms with Crippen molar-refractivity contribution < 1.29 is 4.92 Å². The number of likely N-dealkylation sites (tertiary alicyclic amines) is 1. The molecule has 2 N–H and O–H groups in total. The van der Waals surface area contributed by atoms with Crippen LogP contribution in [0, 0.1) is 10.1 Å². The number of nitrogens with two attached hydrogens (primary N) is 1. The Hall–Kier alpha value is -0.880. The molecular formula is C12H17Cl2N3O2. The Morgan fingerprint density at radius 3 is 2.89 bits per heavy atom. The van der Waals surface area contributed by atoms with Crippen molar-refractivity contribution in [3.8, 4) is 0 Å². The van der Waals surface area contributed by atoms with Gasteiger partial charge in [-0.25, -0.2) is 0 Å². The van der Waals surface area contributed by atoms with E-state index in [0.29, 0.717) is 17.1 Å². The van der Waals surface area contributed by atoms with Crippen LogP contribution in [0.5, 0.6) is 0 Å². The van der Waals surface area contributed by atoms with Crippen LogP contribution in [-0.4, -0.2) is 29.0 Å². The Morgan fingerprint density at radius 1 is 1.53 bits per heavy atom. The lowest BCUT2D eigenvalue weighted by atomic mass is 10.1. The summed E-state index contributed by atoms with van der Waals surface area (Å²) >= 11 is 5.79. The zero-order valence-corrected chi connectivity index (χ0v) is 12.0. The summed E-state index contributed by atoms with van der Waals surface area (Å²) in [4.78, 5) is 12.8. The number of rotatable bonds is 3. The molecule has 0 spiro atoms. The summed E-state index contributed by atoms with van der Waals surface area (Å²) < 4.78 is 0. The van der Waals surface area contributed by atoms with Crippen LogP contribution in [0.25, 0.3) is 0 Å². The topological polar surface area (TPSA) is 72.4 Å². The van der Waals surface area contributed by atoms with Gasteiger partial charge in [0.1, 0.15) is 0 Å². The van der Waals surface area contributed by atoms with E-state index >= 15 is 0 Å². The zero-order valence-electron chi connectivity index (χ0n) is 10.4. The molecule has 1 saturated heterocycles. The summed E-state index contributed by atoms with van der Waals surface area (Å²) in [5.74, 6) is 0. The summed E-state index contributed by atoms with van der Waals surface area (Å²) in [6, 6.07) is 4.99. The molecule has 1 heterocycles. The standard InChI is InChI=1S/C12H16ClN3O2.ClH/c13-10-4-3-9(12(6-10)16(17)18)7-15-5-1-2-11(14)8-15;/h3-4,6,11H,1-2,5,7-8,14H2;1H. The fraction of sp³-hybridized carbons (Fsp3) is 0.500. The SMILES string of the molecule is Cl.NC1CCCN(Cc2ccc(Cl)cc2[N+](=O)[O-])C1. The maximum Gasteiger partial charge on any atom is 0.275 e. The largest absolute Gasteiger partial charge is 0.327 e. The van der Waals surface area contributed by atoms with Crippen molar-refractivity contribution in [3.05, 3.63) is 38.9 Å². The van der Waals surface area contributed by atoms with Crippen LogP contribution >= 0.6 is 24.0 Å². The van der Waals surface area contributed by atoms with Crippen LogP contribution in [-0.2, 0) is 6.54 Å². The lowest BCUT2D eigenvalue weighted by Gasteiger charge is -2.30. The van der Waals surface area contributed by atoms with Crippen molar-refractivity contribution in [2.75, 3.05) is 13.1 Å². The van der Waals surface area contributed by atoms with Crippen LogP contribution < -0.4 is 5.73 Å². The fourth-order valence-electron chi connectivity index (χ4n) is 2.32. The third-order valence-corrected chi connectivity index (χ3v) is 3.42. The van der Waals surface area contributed by atoms with E-state index in [-0.39, 0.29) is 29.1 Å². The van der Waals surface area contributed by atoms with Crippen molar-refractivity contribution in [3.63, 3.8) is 0 Å². The summed E-state index contributed by atoms with van der Waals surface area (Å²) in [5, 5.41) is 11.4. The number of piperidine rings is 1. The first-order valence-corrected chi connectivity index (χ1v) is 6.35. The molecule has 106 valence electrons. The molecule has 1 aliphatic rings. The van der Waals surface area contributed by atoms with Gasteiger partial charge in [-0.2, -0.15) is 0 Å². The molecule has 0 aliphatic carbocycles. The molecule has 0 bridgehead atoms. The van der Waals surface area contributed by atoms with Gasteiger partial charge in [-0.15, -0.1) is 12.4 Å². The number of benzene rings is 1. The second kappa shape index (κ2) is 7.05. The maximum absolute atomic E-state index is 11.0. The Bertz CT molecular complexity index is 457. The van der Waals surface area contributed by atoms with Crippen LogP contribution in [0.3, 0.4) is 0 Å². The van der Waals surface area contributed by atoms with Crippen molar-refractivity contribution in [1.82, 2.24) is 4.90 Å². The second-order valence-corrected chi connectivity index (χ2v) is 5.10. The molecule has 1 atom stereocenters. The Kier molecular flexibility index (Phi) is 6.00. The first kappa shape index (κ1) is 16.2. The molecule has 2 rings (SSSR count). The lowest BCUT2D eigenvalue weighted by Crippen LogP contribution is -2.42. The molecule has 0 saturated carbocycles. The molecule has 1 aliphatic heterocycles. The quantitative estimate of drug-likeness (QED) is 0.688. The van der Waals surface area contributed by atoms with Crippen molar-refractivity contribution in [2.45, 2.75) is 25.4 Å². The first-order chi connectivity index (χ1) is 8.56. The summed E-state index contributed by atoms with van der Waals surface area (Å²) in [6.45, 7) is 2.29. The van der Waals surface area contributed by atoms with E-state index in [1.54, 1.807) is 12.1 Å². The van der Waals surface area contributed by atoms with Gasteiger partial charge >= 0.3 is 0 Å². The van der Waals surface area contributed by atoms with E-state index in [2.05, 4.69) is 4.90 Å². The minimum Gasteiger partial charge on any atom is -0.327 e. The van der Waals surface area contributed by atoms with Gasteiger partial charge < -0.3 is 5.73 Å². The van der Waals surface area contributed by atoms with Gasteiger partial charge in [0.15, 0.2) is 0 Å². The van der Waals surface area contributed by atoms with Gasteiger partial charge in [-0.05, 0) is 31.5 Å². The molecule has 19 heavy (non-hydrogen) atoms. The summed E-state index contributed by atoms with van der Waals surface area (Å²) in [6.07, 6.45) is 2.07. The highest BCUT2D eigenvalue weighted by molar-refractivity contribution is 6.30. The highest BCUT2D eigenvalue weighted by Gasteiger charge is 2.21. The maximum atomic E-state index is 11.0. The molecule has 1 unspecified atom stereocenters. The monoisotopic (exact) mass is 305 g/mol. The van der Waals surface area contributed by atoms with E-state index in [1.165, 1.54) is 6.07 Å². The Morgan fingerprint density at radius 2 is 2.26 bits per heavy atom. The molecule has 0 amide bonds. The van der Waals surface area contributed by atoms with Crippen molar-refractivity contribution >= 4 is 29.7 Å². The normalized spacial score (nSPS) is 19.8. The minimum atomic E-state index is -0.384. The van der Waals surface area contributed by atoms with Crippen molar-refractivity contribution in [1.29, 1.82) is 0 Å². The van der Waals surface area contributed by atoms with Gasteiger partial charge in [0.2, 0.25) is 0 Å². The molecule has 1 fully saturated rings. The van der Waals surface area contributed by atoms with E-state index < -0.39 is 0 Å². The number of halogens is 2. The Labute approximate surface area is 123 Å². The smallest absolute Gasteiger partial charge is 0.275 e.